The lowest BCUT2D eigenvalue weighted by atomic mass is 10.0. The van der Waals surface area contributed by atoms with Crippen LogP contribution in [-0.2, 0) is 11.2 Å². The van der Waals surface area contributed by atoms with Gasteiger partial charge >= 0.3 is 0 Å². The van der Waals surface area contributed by atoms with Crippen molar-refractivity contribution in [1.29, 1.82) is 0 Å². The maximum absolute atomic E-state index is 5.45. The van der Waals surface area contributed by atoms with Gasteiger partial charge in [0.15, 0.2) is 0 Å². The Morgan fingerprint density at radius 2 is 1.83 bits per heavy atom. The summed E-state index contributed by atoms with van der Waals surface area (Å²) in [4.78, 5) is 4.33. The van der Waals surface area contributed by atoms with Crippen LogP contribution in [0.5, 0.6) is 0 Å². The molecule has 1 aliphatic rings. The second-order valence-electron chi connectivity index (χ2n) is 4.90. The van der Waals surface area contributed by atoms with E-state index in [0.29, 0.717) is 0 Å². The molecule has 0 unspecified atom stereocenters. The SMILES string of the molecule is CCCCCCCc1ccc(C2=NCCO2)cc1. The number of hydrogen-bond donors (Lipinski definition) is 0. The highest BCUT2D eigenvalue weighted by Crippen LogP contribution is 2.12. The smallest absolute Gasteiger partial charge is 0.216 e. The predicted octanol–water partition coefficient (Wildman–Crippen LogP) is 3.98. The normalized spacial score (nSPS) is 14.4. The molecule has 0 fully saturated rings. The zero-order valence-corrected chi connectivity index (χ0v) is 11.3. The lowest BCUT2D eigenvalue weighted by Gasteiger charge is -2.04. The van der Waals surface area contributed by atoms with Crippen LogP contribution >= 0.6 is 0 Å². The van der Waals surface area contributed by atoms with Crippen LogP contribution in [0.1, 0.15) is 50.2 Å². The Hall–Kier alpha value is -1.31. The Labute approximate surface area is 110 Å². The average Bonchev–Trinajstić information content (AvgIpc) is 2.93. The summed E-state index contributed by atoms with van der Waals surface area (Å²) in [6, 6.07) is 8.68. The van der Waals surface area contributed by atoms with Gasteiger partial charge < -0.3 is 4.74 Å². The maximum atomic E-state index is 5.45. The average molecular weight is 245 g/mol. The first kappa shape index (κ1) is 13.1. The summed E-state index contributed by atoms with van der Waals surface area (Å²) < 4.78 is 5.45. The van der Waals surface area contributed by atoms with E-state index in [1.807, 2.05) is 0 Å². The third kappa shape index (κ3) is 3.86. The number of aryl methyl sites for hydroxylation is 1. The van der Waals surface area contributed by atoms with Gasteiger partial charge in [-0.05, 0) is 30.5 Å². The molecule has 0 bridgehead atoms. The van der Waals surface area contributed by atoms with E-state index in [1.54, 1.807) is 0 Å². The molecule has 0 aliphatic carbocycles. The van der Waals surface area contributed by atoms with E-state index < -0.39 is 0 Å². The molecule has 0 aromatic heterocycles. The molecular formula is C16H23NO. The van der Waals surface area contributed by atoms with E-state index in [0.717, 1.165) is 24.6 Å². The number of hydrogen-bond acceptors (Lipinski definition) is 2. The number of ether oxygens (including phenoxy) is 1. The number of unbranched alkanes of at least 4 members (excludes halogenated alkanes) is 4. The minimum absolute atomic E-state index is 0.731. The first-order valence-corrected chi connectivity index (χ1v) is 7.16. The van der Waals surface area contributed by atoms with E-state index in [-0.39, 0.29) is 0 Å². The minimum Gasteiger partial charge on any atom is -0.476 e. The van der Waals surface area contributed by atoms with Gasteiger partial charge in [0.25, 0.3) is 0 Å². The number of nitrogens with zero attached hydrogens (tertiary/aromatic N) is 1. The van der Waals surface area contributed by atoms with Gasteiger partial charge in [-0.25, -0.2) is 4.99 Å². The van der Waals surface area contributed by atoms with E-state index >= 15 is 0 Å². The molecule has 1 aromatic rings. The monoisotopic (exact) mass is 245 g/mol. The molecule has 1 aromatic carbocycles. The van der Waals surface area contributed by atoms with Gasteiger partial charge in [-0.1, -0.05) is 44.7 Å². The Balaban J connectivity index is 1.77. The van der Waals surface area contributed by atoms with Crippen molar-refractivity contribution in [3.05, 3.63) is 35.4 Å². The van der Waals surface area contributed by atoms with Crippen molar-refractivity contribution in [2.24, 2.45) is 4.99 Å². The van der Waals surface area contributed by atoms with Crippen molar-refractivity contribution >= 4 is 5.90 Å². The van der Waals surface area contributed by atoms with Crippen molar-refractivity contribution in [1.82, 2.24) is 0 Å². The molecule has 0 N–H and O–H groups in total. The van der Waals surface area contributed by atoms with Crippen LogP contribution in [0.4, 0.5) is 0 Å². The second kappa shape index (κ2) is 7.20. The van der Waals surface area contributed by atoms with Crippen LogP contribution in [0.15, 0.2) is 29.3 Å². The molecule has 2 nitrogen and oxygen atoms in total. The topological polar surface area (TPSA) is 21.6 Å². The summed E-state index contributed by atoms with van der Waals surface area (Å²) in [5, 5.41) is 0. The zero-order valence-electron chi connectivity index (χ0n) is 11.3. The summed E-state index contributed by atoms with van der Waals surface area (Å²) in [7, 11) is 0. The van der Waals surface area contributed by atoms with Crippen molar-refractivity contribution in [2.45, 2.75) is 45.4 Å². The van der Waals surface area contributed by atoms with Gasteiger partial charge in [0.1, 0.15) is 6.61 Å². The third-order valence-corrected chi connectivity index (χ3v) is 3.36. The quantitative estimate of drug-likeness (QED) is 0.666. The highest BCUT2D eigenvalue weighted by Gasteiger charge is 2.09. The molecule has 1 heterocycles. The van der Waals surface area contributed by atoms with Gasteiger partial charge in [-0.2, -0.15) is 0 Å². The van der Waals surface area contributed by atoms with Gasteiger partial charge in [-0.15, -0.1) is 0 Å². The molecule has 0 atom stereocenters. The fraction of sp³-hybridized carbons (Fsp3) is 0.562. The molecule has 0 saturated carbocycles. The predicted molar refractivity (Wildman–Crippen MR) is 76.3 cm³/mol. The Kier molecular flexibility index (Phi) is 5.25. The van der Waals surface area contributed by atoms with Crippen LogP contribution in [0.3, 0.4) is 0 Å². The van der Waals surface area contributed by atoms with E-state index in [2.05, 4.69) is 36.2 Å². The standard InChI is InChI=1S/C16H23NO/c1-2-3-4-5-6-7-14-8-10-15(11-9-14)16-17-12-13-18-16/h8-11H,2-7,12-13H2,1H3. The lowest BCUT2D eigenvalue weighted by Crippen LogP contribution is -2.00. The molecule has 2 rings (SSSR count). The highest BCUT2D eigenvalue weighted by atomic mass is 16.5. The Bertz CT molecular complexity index is 381. The summed E-state index contributed by atoms with van der Waals surface area (Å²) in [6.07, 6.45) is 7.91. The lowest BCUT2D eigenvalue weighted by molar-refractivity contribution is 0.348. The summed E-state index contributed by atoms with van der Waals surface area (Å²) >= 11 is 0. The van der Waals surface area contributed by atoms with Crippen molar-refractivity contribution in [3.63, 3.8) is 0 Å². The van der Waals surface area contributed by atoms with Crippen LogP contribution in [0.2, 0.25) is 0 Å². The van der Waals surface area contributed by atoms with Crippen LogP contribution in [0, 0.1) is 0 Å². The molecule has 0 saturated heterocycles. The molecule has 2 heteroatoms. The molecule has 0 radical (unpaired) electrons. The van der Waals surface area contributed by atoms with Gasteiger partial charge in [-0.3, -0.25) is 0 Å². The number of rotatable bonds is 7. The first-order chi connectivity index (χ1) is 8.90. The molecule has 0 amide bonds. The van der Waals surface area contributed by atoms with Crippen LogP contribution in [-0.4, -0.2) is 19.0 Å². The van der Waals surface area contributed by atoms with Gasteiger partial charge in [0.05, 0.1) is 6.54 Å². The maximum Gasteiger partial charge on any atom is 0.216 e. The van der Waals surface area contributed by atoms with E-state index in [1.165, 1.54) is 44.1 Å². The molecular weight excluding hydrogens is 222 g/mol. The van der Waals surface area contributed by atoms with Gasteiger partial charge in [0.2, 0.25) is 5.90 Å². The number of benzene rings is 1. The van der Waals surface area contributed by atoms with Gasteiger partial charge in [0, 0.05) is 5.56 Å². The fourth-order valence-corrected chi connectivity index (χ4v) is 2.26. The van der Waals surface area contributed by atoms with Crippen molar-refractivity contribution in [2.75, 3.05) is 13.2 Å². The first-order valence-electron chi connectivity index (χ1n) is 7.16. The molecule has 1 aliphatic heterocycles. The minimum atomic E-state index is 0.731. The Morgan fingerprint density at radius 3 is 2.50 bits per heavy atom. The zero-order chi connectivity index (χ0) is 12.6. The molecule has 0 spiro atoms. The largest absolute Gasteiger partial charge is 0.476 e. The van der Waals surface area contributed by atoms with Crippen LogP contribution < -0.4 is 0 Å². The number of aliphatic imine (C=N–C) groups is 1. The summed E-state index contributed by atoms with van der Waals surface area (Å²) in [6.45, 7) is 3.79. The van der Waals surface area contributed by atoms with E-state index in [4.69, 9.17) is 4.74 Å². The van der Waals surface area contributed by atoms with Crippen LogP contribution in [0.25, 0.3) is 0 Å². The van der Waals surface area contributed by atoms with E-state index in [9.17, 15) is 0 Å². The molecule has 18 heavy (non-hydrogen) atoms. The Morgan fingerprint density at radius 1 is 1.06 bits per heavy atom. The van der Waals surface area contributed by atoms with Crippen molar-refractivity contribution < 1.29 is 4.74 Å². The summed E-state index contributed by atoms with van der Waals surface area (Å²) in [5.41, 5.74) is 2.54. The third-order valence-electron chi connectivity index (χ3n) is 3.36. The highest BCUT2D eigenvalue weighted by molar-refractivity contribution is 5.94. The van der Waals surface area contributed by atoms with Crippen molar-refractivity contribution in [3.8, 4) is 0 Å². The fourth-order valence-electron chi connectivity index (χ4n) is 2.26. The second-order valence-corrected chi connectivity index (χ2v) is 4.90. The summed E-state index contributed by atoms with van der Waals surface area (Å²) in [5.74, 6) is 0.810. The molecule has 98 valence electrons.